The number of amides is 1. The zero-order chi connectivity index (χ0) is 21.3. The maximum Gasteiger partial charge on any atom is 0.258 e. The van der Waals surface area contributed by atoms with Crippen molar-refractivity contribution in [2.24, 2.45) is 5.92 Å². The minimum absolute atomic E-state index is 0.0474. The number of benzene rings is 1. The van der Waals surface area contributed by atoms with E-state index in [2.05, 4.69) is 27.4 Å². The van der Waals surface area contributed by atoms with Crippen molar-refractivity contribution in [3.8, 4) is 22.9 Å². The molecule has 8 heteroatoms. The van der Waals surface area contributed by atoms with Gasteiger partial charge in [0, 0.05) is 18.0 Å². The number of aromatic nitrogens is 3. The number of ether oxygens (including phenoxy) is 2. The van der Waals surface area contributed by atoms with Crippen LogP contribution in [0.5, 0.6) is 11.5 Å². The molecule has 3 rings (SSSR count). The lowest BCUT2D eigenvalue weighted by molar-refractivity contribution is -0.124. The van der Waals surface area contributed by atoms with Gasteiger partial charge in [-0.05, 0) is 48.7 Å². The fraction of sp³-hybridized carbons (Fsp3) is 0.364. The Bertz CT molecular complexity index is 926. The van der Waals surface area contributed by atoms with Gasteiger partial charge in [0.05, 0.1) is 6.61 Å². The smallest absolute Gasteiger partial charge is 0.258 e. The van der Waals surface area contributed by atoms with Crippen molar-refractivity contribution < 1.29 is 18.8 Å². The Morgan fingerprint density at radius 3 is 2.50 bits per heavy atom. The predicted molar refractivity (Wildman–Crippen MR) is 111 cm³/mol. The fourth-order valence-corrected chi connectivity index (χ4v) is 2.70. The molecule has 0 aliphatic heterocycles. The van der Waals surface area contributed by atoms with Crippen LogP contribution < -0.4 is 14.8 Å². The first-order chi connectivity index (χ1) is 14.6. The van der Waals surface area contributed by atoms with Gasteiger partial charge in [-0.2, -0.15) is 4.98 Å². The third-order valence-corrected chi connectivity index (χ3v) is 4.28. The van der Waals surface area contributed by atoms with Gasteiger partial charge in [0.2, 0.25) is 11.7 Å². The third-order valence-electron chi connectivity index (χ3n) is 4.28. The number of nitrogens with one attached hydrogen (secondary N) is 1. The van der Waals surface area contributed by atoms with Crippen LogP contribution in [0, 0.1) is 5.92 Å². The molecule has 0 spiro atoms. The van der Waals surface area contributed by atoms with Crippen molar-refractivity contribution >= 4 is 5.91 Å². The molecule has 2 heterocycles. The first-order valence-electron chi connectivity index (χ1n) is 9.96. The van der Waals surface area contributed by atoms with E-state index in [1.54, 1.807) is 30.6 Å². The highest BCUT2D eigenvalue weighted by Gasteiger charge is 2.25. The maximum atomic E-state index is 12.4. The van der Waals surface area contributed by atoms with Crippen LogP contribution in [0.25, 0.3) is 11.4 Å². The van der Waals surface area contributed by atoms with Crippen LogP contribution in [0.15, 0.2) is 53.3 Å². The molecule has 158 valence electrons. The number of rotatable bonds is 10. The second-order valence-electron chi connectivity index (χ2n) is 7.10. The summed E-state index contributed by atoms with van der Waals surface area (Å²) >= 11 is 0. The van der Waals surface area contributed by atoms with E-state index in [1.807, 2.05) is 32.0 Å². The van der Waals surface area contributed by atoms with Gasteiger partial charge in [0.1, 0.15) is 17.5 Å². The summed E-state index contributed by atoms with van der Waals surface area (Å²) in [4.78, 5) is 20.9. The number of carbonyl (C=O) groups is 1. The highest BCUT2D eigenvalue weighted by Crippen LogP contribution is 2.23. The lowest BCUT2D eigenvalue weighted by Gasteiger charge is -2.18. The minimum atomic E-state index is -0.427. The van der Waals surface area contributed by atoms with Gasteiger partial charge in [-0.15, -0.1) is 0 Å². The highest BCUT2D eigenvalue weighted by molar-refractivity contribution is 5.78. The average molecular weight is 410 g/mol. The quantitative estimate of drug-likeness (QED) is 0.542. The number of nitrogens with zero attached hydrogens (tertiary/aromatic N) is 3. The van der Waals surface area contributed by atoms with E-state index in [4.69, 9.17) is 14.0 Å². The van der Waals surface area contributed by atoms with Crippen molar-refractivity contribution in [1.82, 2.24) is 20.4 Å². The molecule has 0 unspecified atom stereocenters. The van der Waals surface area contributed by atoms with Gasteiger partial charge < -0.3 is 19.3 Å². The lowest BCUT2D eigenvalue weighted by atomic mass is 10.0. The van der Waals surface area contributed by atoms with Crippen molar-refractivity contribution in [2.75, 3.05) is 13.2 Å². The largest absolute Gasteiger partial charge is 0.494 e. The van der Waals surface area contributed by atoms with E-state index in [1.165, 1.54) is 0 Å². The van der Waals surface area contributed by atoms with Crippen LogP contribution in [-0.4, -0.2) is 34.2 Å². The van der Waals surface area contributed by atoms with E-state index >= 15 is 0 Å². The van der Waals surface area contributed by atoms with E-state index in [0.29, 0.717) is 24.1 Å². The standard InChI is InChI=1S/C22H26N4O4/c1-4-12-28-17-7-9-18(10-8-17)29-14-19(27)24-20(15(2)3)22-25-21(26-30-22)16-6-5-11-23-13-16/h5-11,13,15,20H,4,12,14H2,1-3H3,(H,24,27)/t20-/m0/s1. The van der Waals surface area contributed by atoms with Gasteiger partial charge in [-0.25, -0.2) is 0 Å². The van der Waals surface area contributed by atoms with Crippen LogP contribution in [0.3, 0.4) is 0 Å². The van der Waals surface area contributed by atoms with Gasteiger partial charge in [0.15, 0.2) is 6.61 Å². The Balaban J connectivity index is 1.57. The number of hydrogen-bond acceptors (Lipinski definition) is 7. The minimum Gasteiger partial charge on any atom is -0.494 e. The Morgan fingerprint density at radius 2 is 1.87 bits per heavy atom. The number of hydrogen-bond donors (Lipinski definition) is 1. The average Bonchev–Trinajstić information content (AvgIpc) is 3.25. The summed E-state index contributed by atoms with van der Waals surface area (Å²) in [6.07, 6.45) is 4.27. The maximum absolute atomic E-state index is 12.4. The molecule has 0 saturated heterocycles. The van der Waals surface area contributed by atoms with Gasteiger partial charge in [0.25, 0.3) is 5.91 Å². The first-order valence-corrected chi connectivity index (χ1v) is 9.96. The topological polar surface area (TPSA) is 99.4 Å². The zero-order valence-corrected chi connectivity index (χ0v) is 17.4. The Labute approximate surface area is 175 Å². The Hall–Kier alpha value is -3.42. The van der Waals surface area contributed by atoms with Crippen LogP contribution >= 0.6 is 0 Å². The molecule has 0 saturated carbocycles. The Morgan fingerprint density at radius 1 is 1.13 bits per heavy atom. The molecule has 1 atom stereocenters. The molecule has 8 nitrogen and oxygen atoms in total. The van der Waals surface area contributed by atoms with Crippen LogP contribution in [0.1, 0.15) is 39.1 Å². The molecule has 2 aromatic heterocycles. The predicted octanol–water partition coefficient (Wildman–Crippen LogP) is 3.81. The molecule has 3 aromatic rings. The molecule has 1 aromatic carbocycles. The van der Waals surface area contributed by atoms with E-state index in [0.717, 1.165) is 17.7 Å². The lowest BCUT2D eigenvalue weighted by Crippen LogP contribution is -2.35. The molecular weight excluding hydrogens is 384 g/mol. The SMILES string of the molecule is CCCOc1ccc(OCC(=O)N[C@H](c2nc(-c3cccnc3)no2)C(C)C)cc1. The molecule has 0 fully saturated rings. The van der Waals surface area contributed by atoms with Crippen LogP contribution in [-0.2, 0) is 4.79 Å². The van der Waals surface area contributed by atoms with Crippen molar-refractivity contribution in [3.05, 3.63) is 54.7 Å². The van der Waals surface area contributed by atoms with Crippen molar-refractivity contribution in [1.29, 1.82) is 0 Å². The molecular formula is C22H26N4O4. The monoisotopic (exact) mass is 410 g/mol. The summed E-state index contributed by atoms with van der Waals surface area (Å²) in [6, 6.07) is 10.4. The fourth-order valence-electron chi connectivity index (χ4n) is 2.70. The van der Waals surface area contributed by atoms with Crippen LogP contribution in [0.2, 0.25) is 0 Å². The van der Waals surface area contributed by atoms with Crippen LogP contribution in [0.4, 0.5) is 0 Å². The molecule has 30 heavy (non-hydrogen) atoms. The van der Waals surface area contributed by atoms with Gasteiger partial charge in [-0.1, -0.05) is 25.9 Å². The first kappa shape index (κ1) is 21.3. The van der Waals surface area contributed by atoms with Gasteiger partial charge in [-0.3, -0.25) is 9.78 Å². The summed E-state index contributed by atoms with van der Waals surface area (Å²) < 4.78 is 16.5. The highest BCUT2D eigenvalue weighted by atomic mass is 16.5. The molecule has 0 radical (unpaired) electrons. The molecule has 1 N–H and O–H groups in total. The summed E-state index contributed by atoms with van der Waals surface area (Å²) in [6.45, 7) is 6.53. The molecule has 0 aliphatic carbocycles. The molecule has 0 bridgehead atoms. The van der Waals surface area contributed by atoms with E-state index in [-0.39, 0.29) is 18.4 Å². The summed E-state index contributed by atoms with van der Waals surface area (Å²) in [5.41, 5.74) is 0.746. The van der Waals surface area contributed by atoms with E-state index in [9.17, 15) is 4.79 Å². The second kappa shape index (κ2) is 10.4. The van der Waals surface area contributed by atoms with E-state index < -0.39 is 6.04 Å². The van der Waals surface area contributed by atoms with Gasteiger partial charge >= 0.3 is 0 Å². The van der Waals surface area contributed by atoms with Crippen molar-refractivity contribution in [3.63, 3.8) is 0 Å². The normalized spacial score (nSPS) is 11.9. The summed E-state index contributed by atoms with van der Waals surface area (Å²) in [5, 5.41) is 6.91. The number of carbonyl (C=O) groups excluding carboxylic acids is 1. The number of pyridine rings is 1. The summed E-state index contributed by atoms with van der Waals surface area (Å²) in [5.74, 6) is 1.91. The summed E-state index contributed by atoms with van der Waals surface area (Å²) in [7, 11) is 0. The molecule has 0 aliphatic rings. The zero-order valence-electron chi connectivity index (χ0n) is 17.4. The molecule has 1 amide bonds. The Kier molecular flexibility index (Phi) is 7.37. The van der Waals surface area contributed by atoms with Crippen molar-refractivity contribution in [2.45, 2.75) is 33.2 Å². The second-order valence-corrected chi connectivity index (χ2v) is 7.10. The third kappa shape index (κ3) is 5.79.